The highest BCUT2D eigenvalue weighted by Gasteiger charge is 2.07. The van der Waals surface area contributed by atoms with Crippen LogP contribution in [0.15, 0.2) is 24.3 Å². The molecule has 0 saturated heterocycles. The Labute approximate surface area is 139 Å². The number of benzene rings is 1. The van der Waals surface area contributed by atoms with Gasteiger partial charge in [0.2, 0.25) is 0 Å². The van der Waals surface area contributed by atoms with Crippen LogP contribution < -0.4 is 10.1 Å². The molecule has 2 aromatic rings. The van der Waals surface area contributed by atoms with E-state index in [4.69, 9.17) is 16.3 Å². The van der Waals surface area contributed by atoms with Crippen LogP contribution in [-0.2, 0) is 11.3 Å². The normalized spacial score (nSPS) is 10.6. The van der Waals surface area contributed by atoms with E-state index in [-0.39, 0.29) is 23.3 Å². The molecule has 0 aliphatic carbocycles. The Kier molecular flexibility index (Phi) is 5.98. The predicted octanol–water partition coefficient (Wildman–Crippen LogP) is 2.88. The van der Waals surface area contributed by atoms with Crippen molar-refractivity contribution < 1.29 is 13.9 Å². The third kappa shape index (κ3) is 5.25. The van der Waals surface area contributed by atoms with Gasteiger partial charge in [-0.05, 0) is 44.5 Å². The zero-order chi connectivity index (χ0) is 16.8. The van der Waals surface area contributed by atoms with Gasteiger partial charge in [0.05, 0.1) is 10.7 Å². The lowest BCUT2D eigenvalue weighted by atomic mass is 10.3. The summed E-state index contributed by atoms with van der Waals surface area (Å²) in [7, 11) is 0. The molecule has 5 nitrogen and oxygen atoms in total. The van der Waals surface area contributed by atoms with Gasteiger partial charge in [0.15, 0.2) is 6.61 Å². The Bertz CT molecular complexity index is 688. The largest absolute Gasteiger partial charge is 0.482 e. The standard InChI is InChI=1S/C16H19ClFN3O2/c1-11-8-12(2)21(20-11)7-3-6-19-16(22)10-23-15-5-4-13(18)9-14(15)17/h4-5,8-9H,3,6-7,10H2,1-2H3,(H,19,22). The van der Waals surface area contributed by atoms with Crippen LogP contribution in [0.25, 0.3) is 0 Å². The number of carbonyl (C=O) groups excluding carboxylic acids is 1. The molecule has 0 bridgehead atoms. The van der Waals surface area contributed by atoms with E-state index in [0.717, 1.165) is 30.4 Å². The van der Waals surface area contributed by atoms with Crippen molar-refractivity contribution in [1.82, 2.24) is 15.1 Å². The summed E-state index contributed by atoms with van der Waals surface area (Å²) in [5.74, 6) is -0.416. The molecule has 0 spiro atoms. The summed E-state index contributed by atoms with van der Waals surface area (Å²) in [5, 5.41) is 7.25. The highest BCUT2D eigenvalue weighted by atomic mass is 35.5. The summed E-state index contributed by atoms with van der Waals surface area (Å²) in [6, 6.07) is 5.78. The Balaban J connectivity index is 1.68. The van der Waals surface area contributed by atoms with Gasteiger partial charge >= 0.3 is 0 Å². The van der Waals surface area contributed by atoms with Crippen molar-refractivity contribution >= 4 is 17.5 Å². The first kappa shape index (κ1) is 17.3. The minimum Gasteiger partial charge on any atom is -0.482 e. The number of rotatable bonds is 7. The van der Waals surface area contributed by atoms with Crippen LogP contribution in [0.5, 0.6) is 5.75 Å². The molecule has 0 atom stereocenters. The fourth-order valence-electron chi connectivity index (χ4n) is 2.14. The molecule has 124 valence electrons. The Hall–Kier alpha value is -2.08. The number of carbonyl (C=O) groups is 1. The number of ether oxygens (including phenoxy) is 1. The lowest BCUT2D eigenvalue weighted by molar-refractivity contribution is -0.123. The Morgan fingerprint density at radius 3 is 2.83 bits per heavy atom. The minimum atomic E-state index is -0.448. The zero-order valence-electron chi connectivity index (χ0n) is 13.1. The maximum absolute atomic E-state index is 12.9. The van der Waals surface area contributed by atoms with Crippen molar-refractivity contribution in [3.05, 3.63) is 46.5 Å². The van der Waals surface area contributed by atoms with Gasteiger partial charge < -0.3 is 10.1 Å². The first-order chi connectivity index (χ1) is 11.0. The van der Waals surface area contributed by atoms with Gasteiger partial charge in [0, 0.05) is 18.8 Å². The number of hydrogen-bond donors (Lipinski definition) is 1. The van der Waals surface area contributed by atoms with Gasteiger partial charge in [-0.2, -0.15) is 5.10 Å². The van der Waals surface area contributed by atoms with Crippen molar-refractivity contribution in [2.45, 2.75) is 26.8 Å². The second-order valence-electron chi connectivity index (χ2n) is 5.22. The number of nitrogens with one attached hydrogen (secondary N) is 1. The first-order valence-electron chi connectivity index (χ1n) is 7.31. The van der Waals surface area contributed by atoms with E-state index in [0.29, 0.717) is 6.54 Å². The predicted molar refractivity (Wildman–Crippen MR) is 86.2 cm³/mol. The first-order valence-corrected chi connectivity index (χ1v) is 7.69. The minimum absolute atomic E-state index is 0.141. The molecule has 0 fully saturated rings. The molecular formula is C16H19ClFN3O2. The van der Waals surface area contributed by atoms with Crippen LogP contribution in [0, 0.1) is 19.7 Å². The summed E-state index contributed by atoms with van der Waals surface area (Å²) in [6.45, 7) is 5.05. The van der Waals surface area contributed by atoms with E-state index in [1.54, 1.807) is 0 Å². The third-order valence-electron chi connectivity index (χ3n) is 3.22. The van der Waals surface area contributed by atoms with Gasteiger partial charge in [0.25, 0.3) is 5.91 Å². The van der Waals surface area contributed by atoms with Gasteiger partial charge in [-0.15, -0.1) is 0 Å². The van der Waals surface area contributed by atoms with Crippen molar-refractivity contribution in [2.24, 2.45) is 0 Å². The number of halogens is 2. The zero-order valence-corrected chi connectivity index (χ0v) is 13.9. The molecule has 1 aromatic heterocycles. The SMILES string of the molecule is Cc1cc(C)n(CCCNC(=O)COc2ccc(F)cc2Cl)n1. The van der Waals surface area contributed by atoms with Gasteiger partial charge in [-0.25, -0.2) is 4.39 Å². The van der Waals surface area contributed by atoms with Gasteiger partial charge in [0.1, 0.15) is 11.6 Å². The maximum Gasteiger partial charge on any atom is 0.257 e. The molecule has 7 heteroatoms. The average molecular weight is 340 g/mol. The van der Waals surface area contributed by atoms with E-state index < -0.39 is 5.82 Å². The number of aromatic nitrogens is 2. The maximum atomic E-state index is 12.9. The molecule has 1 aromatic carbocycles. The van der Waals surface area contributed by atoms with Crippen molar-refractivity contribution in [1.29, 1.82) is 0 Å². The molecule has 0 radical (unpaired) electrons. The molecule has 1 N–H and O–H groups in total. The van der Waals surface area contributed by atoms with E-state index in [1.807, 2.05) is 24.6 Å². The molecule has 1 heterocycles. The highest BCUT2D eigenvalue weighted by Crippen LogP contribution is 2.24. The van der Waals surface area contributed by atoms with E-state index >= 15 is 0 Å². The van der Waals surface area contributed by atoms with E-state index in [9.17, 15) is 9.18 Å². The smallest absolute Gasteiger partial charge is 0.257 e. The molecule has 23 heavy (non-hydrogen) atoms. The van der Waals surface area contributed by atoms with Crippen LogP contribution in [0.3, 0.4) is 0 Å². The summed E-state index contributed by atoms with van der Waals surface area (Å²) in [4.78, 5) is 11.7. The Morgan fingerprint density at radius 1 is 1.39 bits per heavy atom. The van der Waals surface area contributed by atoms with E-state index in [2.05, 4.69) is 10.4 Å². The molecule has 0 aliphatic rings. The highest BCUT2D eigenvalue weighted by molar-refractivity contribution is 6.32. The fourth-order valence-corrected chi connectivity index (χ4v) is 2.37. The van der Waals surface area contributed by atoms with Crippen LogP contribution in [0.4, 0.5) is 4.39 Å². The summed E-state index contributed by atoms with van der Waals surface area (Å²) in [5.41, 5.74) is 2.08. The molecule has 1 amide bonds. The topological polar surface area (TPSA) is 56.2 Å². The molecule has 0 saturated carbocycles. The van der Waals surface area contributed by atoms with Crippen molar-refractivity contribution in [3.63, 3.8) is 0 Å². The lowest BCUT2D eigenvalue weighted by Gasteiger charge is -2.09. The summed E-state index contributed by atoms with van der Waals surface area (Å²) >= 11 is 5.82. The Morgan fingerprint density at radius 2 is 2.17 bits per heavy atom. The molecule has 0 unspecified atom stereocenters. The van der Waals surface area contributed by atoms with Crippen molar-refractivity contribution in [2.75, 3.05) is 13.2 Å². The number of hydrogen-bond acceptors (Lipinski definition) is 3. The number of nitrogens with zero attached hydrogens (tertiary/aromatic N) is 2. The second-order valence-corrected chi connectivity index (χ2v) is 5.62. The average Bonchev–Trinajstić information content (AvgIpc) is 2.80. The number of amides is 1. The van der Waals surface area contributed by atoms with Crippen LogP contribution in [0.2, 0.25) is 5.02 Å². The van der Waals surface area contributed by atoms with Crippen LogP contribution in [0.1, 0.15) is 17.8 Å². The van der Waals surface area contributed by atoms with Crippen LogP contribution >= 0.6 is 11.6 Å². The van der Waals surface area contributed by atoms with Crippen LogP contribution in [-0.4, -0.2) is 28.8 Å². The second kappa shape index (κ2) is 7.97. The monoisotopic (exact) mass is 339 g/mol. The molecule has 2 rings (SSSR count). The number of aryl methyl sites for hydroxylation is 3. The summed E-state index contributed by atoms with van der Waals surface area (Å²) in [6.07, 6.45) is 0.769. The van der Waals surface area contributed by atoms with Crippen molar-refractivity contribution in [3.8, 4) is 5.75 Å². The molecular weight excluding hydrogens is 321 g/mol. The van der Waals surface area contributed by atoms with Gasteiger partial charge in [-0.3, -0.25) is 9.48 Å². The quantitative estimate of drug-likeness (QED) is 0.789. The lowest BCUT2D eigenvalue weighted by Crippen LogP contribution is -2.30. The fraction of sp³-hybridized carbons (Fsp3) is 0.375. The summed E-state index contributed by atoms with van der Waals surface area (Å²) < 4.78 is 20.1. The van der Waals surface area contributed by atoms with E-state index in [1.165, 1.54) is 12.1 Å². The third-order valence-corrected chi connectivity index (χ3v) is 3.52. The van der Waals surface area contributed by atoms with Gasteiger partial charge in [-0.1, -0.05) is 11.6 Å². The molecule has 0 aliphatic heterocycles.